The molecule has 0 fully saturated rings. The number of esters is 1. The van der Waals surface area contributed by atoms with Crippen LogP contribution in [0.5, 0.6) is 5.75 Å². The van der Waals surface area contributed by atoms with Gasteiger partial charge in [0.2, 0.25) is 0 Å². The SMILES string of the molecule is COC(=O)c1cncc2cc(Cl)n(Cc3ccc(OC)cc3)c12. The van der Waals surface area contributed by atoms with Crippen LogP contribution < -0.4 is 4.74 Å². The first-order valence-corrected chi connectivity index (χ1v) is 7.36. The van der Waals surface area contributed by atoms with Crippen molar-refractivity contribution in [3.8, 4) is 5.75 Å². The van der Waals surface area contributed by atoms with Crippen LogP contribution in [0.4, 0.5) is 0 Å². The van der Waals surface area contributed by atoms with E-state index in [0.717, 1.165) is 16.7 Å². The van der Waals surface area contributed by atoms with Gasteiger partial charge in [0.1, 0.15) is 16.5 Å². The van der Waals surface area contributed by atoms with E-state index in [2.05, 4.69) is 4.98 Å². The van der Waals surface area contributed by atoms with Crippen LogP contribution in [-0.2, 0) is 11.3 Å². The zero-order chi connectivity index (χ0) is 16.4. The smallest absolute Gasteiger partial charge is 0.341 e. The molecule has 3 rings (SSSR count). The maximum absolute atomic E-state index is 12.0. The van der Waals surface area contributed by atoms with Gasteiger partial charge in [-0.05, 0) is 23.8 Å². The molecule has 0 aliphatic carbocycles. The lowest BCUT2D eigenvalue weighted by atomic mass is 10.2. The van der Waals surface area contributed by atoms with Gasteiger partial charge in [0.05, 0.1) is 19.7 Å². The van der Waals surface area contributed by atoms with E-state index in [1.165, 1.54) is 13.3 Å². The minimum atomic E-state index is -0.436. The van der Waals surface area contributed by atoms with E-state index in [0.29, 0.717) is 22.8 Å². The van der Waals surface area contributed by atoms with Crippen LogP contribution in [0.15, 0.2) is 42.7 Å². The van der Waals surface area contributed by atoms with Crippen molar-refractivity contribution in [2.24, 2.45) is 0 Å². The number of carbonyl (C=O) groups excluding carboxylic acids is 1. The minimum Gasteiger partial charge on any atom is -0.497 e. The normalized spacial score (nSPS) is 10.7. The van der Waals surface area contributed by atoms with Crippen LogP contribution in [0.1, 0.15) is 15.9 Å². The standard InChI is InChI=1S/C17H15ClN2O3/c1-22-13-5-3-11(4-6-13)10-20-15(18)7-12-8-19-9-14(16(12)20)17(21)23-2/h3-9H,10H2,1-2H3. The van der Waals surface area contributed by atoms with Crippen LogP contribution >= 0.6 is 11.6 Å². The third-order valence-electron chi connectivity index (χ3n) is 3.65. The van der Waals surface area contributed by atoms with E-state index >= 15 is 0 Å². The molecule has 1 aromatic carbocycles. The zero-order valence-electron chi connectivity index (χ0n) is 12.7. The van der Waals surface area contributed by atoms with Gasteiger partial charge >= 0.3 is 5.97 Å². The second kappa shape index (κ2) is 6.30. The highest BCUT2D eigenvalue weighted by atomic mass is 35.5. The Morgan fingerprint density at radius 1 is 1.22 bits per heavy atom. The van der Waals surface area contributed by atoms with Gasteiger partial charge in [-0.1, -0.05) is 23.7 Å². The van der Waals surface area contributed by atoms with Crippen LogP contribution in [0.3, 0.4) is 0 Å². The Labute approximate surface area is 138 Å². The van der Waals surface area contributed by atoms with Crippen LogP contribution in [-0.4, -0.2) is 29.7 Å². The number of aromatic nitrogens is 2. The summed E-state index contributed by atoms with van der Waals surface area (Å²) in [6.45, 7) is 0.528. The van der Waals surface area contributed by atoms with Crippen molar-refractivity contribution in [3.63, 3.8) is 0 Å². The number of hydrogen-bond acceptors (Lipinski definition) is 4. The number of benzene rings is 1. The number of rotatable bonds is 4. The number of fused-ring (bicyclic) bond motifs is 1. The summed E-state index contributed by atoms with van der Waals surface area (Å²) in [5, 5.41) is 1.33. The van der Waals surface area contributed by atoms with Gasteiger partial charge in [-0.25, -0.2) is 4.79 Å². The number of halogens is 1. The highest BCUT2D eigenvalue weighted by Crippen LogP contribution is 2.27. The van der Waals surface area contributed by atoms with E-state index in [-0.39, 0.29) is 0 Å². The molecule has 0 saturated heterocycles. The molecular weight excluding hydrogens is 316 g/mol. The highest BCUT2D eigenvalue weighted by Gasteiger charge is 2.17. The summed E-state index contributed by atoms with van der Waals surface area (Å²) in [6.07, 6.45) is 3.17. The average molecular weight is 331 g/mol. The number of pyridine rings is 1. The predicted octanol–water partition coefficient (Wildman–Crippen LogP) is 3.53. The Morgan fingerprint density at radius 2 is 1.96 bits per heavy atom. The molecule has 5 nitrogen and oxygen atoms in total. The van der Waals surface area contributed by atoms with Gasteiger partial charge in [0, 0.05) is 24.3 Å². The maximum Gasteiger partial charge on any atom is 0.341 e. The first-order chi connectivity index (χ1) is 11.1. The highest BCUT2D eigenvalue weighted by molar-refractivity contribution is 6.31. The monoisotopic (exact) mass is 330 g/mol. The second-order valence-corrected chi connectivity index (χ2v) is 5.41. The summed E-state index contributed by atoms with van der Waals surface area (Å²) < 4.78 is 11.9. The number of carbonyl (C=O) groups is 1. The summed E-state index contributed by atoms with van der Waals surface area (Å²) in [5.41, 5.74) is 2.15. The molecule has 2 aromatic heterocycles. The molecule has 0 amide bonds. The third-order valence-corrected chi connectivity index (χ3v) is 3.97. The summed E-state index contributed by atoms with van der Waals surface area (Å²) in [5.74, 6) is 0.352. The van der Waals surface area contributed by atoms with E-state index in [9.17, 15) is 4.79 Å². The fraction of sp³-hybridized carbons (Fsp3) is 0.176. The Kier molecular flexibility index (Phi) is 4.21. The van der Waals surface area contributed by atoms with Gasteiger partial charge < -0.3 is 14.0 Å². The van der Waals surface area contributed by atoms with Gasteiger partial charge in [-0.15, -0.1) is 0 Å². The minimum absolute atomic E-state index is 0.394. The lowest BCUT2D eigenvalue weighted by Gasteiger charge is -2.10. The zero-order valence-corrected chi connectivity index (χ0v) is 13.5. The molecule has 3 aromatic rings. The molecule has 0 unspecified atom stereocenters. The lowest BCUT2D eigenvalue weighted by Crippen LogP contribution is -2.07. The first-order valence-electron chi connectivity index (χ1n) is 6.98. The number of ether oxygens (including phenoxy) is 2. The maximum atomic E-state index is 12.0. The molecule has 6 heteroatoms. The number of methoxy groups -OCH3 is 2. The molecule has 118 valence electrons. The van der Waals surface area contributed by atoms with Gasteiger partial charge in [0.15, 0.2) is 0 Å². The first kappa shape index (κ1) is 15.4. The van der Waals surface area contributed by atoms with Crippen LogP contribution in [0.2, 0.25) is 5.15 Å². The molecule has 0 saturated carbocycles. The molecule has 2 heterocycles. The summed E-state index contributed by atoms with van der Waals surface area (Å²) in [4.78, 5) is 16.1. The molecule has 0 N–H and O–H groups in total. The van der Waals surface area contributed by atoms with E-state index in [4.69, 9.17) is 21.1 Å². The molecule has 0 bridgehead atoms. The molecule has 0 spiro atoms. The van der Waals surface area contributed by atoms with Crippen LogP contribution in [0, 0.1) is 0 Å². The van der Waals surface area contributed by atoms with Crippen molar-refractivity contribution < 1.29 is 14.3 Å². The Morgan fingerprint density at radius 3 is 2.61 bits per heavy atom. The largest absolute Gasteiger partial charge is 0.497 e. The fourth-order valence-corrected chi connectivity index (χ4v) is 2.78. The average Bonchev–Trinajstić information content (AvgIpc) is 2.90. The van der Waals surface area contributed by atoms with Crippen molar-refractivity contribution in [1.29, 1.82) is 0 Å². The van der Waals surface area contributed by atoms with Gasteiger partial charge in [-0.2, -0.15) is 0 Å². The van der Waals surface area contributed by atoms with Crippen molar-refractivity contribution in [2.75, 3.05) is 14.2 Å². The molecular formula is C17H15ClN2O3. The molecule has 0 radical (unpaired) electrons. The number of hydrogen-bond donors (Lipinski definition) is 0. The topological polar surface area (TPSA) is 53.3 Å². The molecule has 0 aliphatic rings. The van der Waals surface area contributed by atoms with Crippen LogP contribution in [0.25, 0.3) is 10.9 Å². The van der Waals surface area contributed by atoms with E-state index in [1.807, 2.05) is 28.8 Å². The van der Waals surface area contributed by atoms with Crippen molar-refractivity contribution in [3.05, 3.63) is 59.0 Å². The molecule has 0 atom stereocenters. The predicted molar refractivity (Wildman–Crippen MR) is 88.2 cm³/mol. The summed E-state index contributed by atoms with van der Waals surface area (Å²) in [7, 11) is 2.97. The van der Waals surface area contributed by atoms with E-state index in [1.54, 1.807) is 19.4 Å². The molecule has 23 heavy (non-hydrogen) atoms. The lowest BCUT2D eigenvalue weighted by molar-refractivity contribution is 0.0602. The summed E-state index contributed by atoms with van der Waals surface area (Å²) in [6, 6.07) is 9.48. The quantitative estimate of drug-likeness (QED) is 0.687. The Hall–Kier alpha value is -2.53. The second-order valence-electron chi connectivity index (χ2n) is 5.02. The van der Waals surface area contributed by atoms with Crippen molar-refractivity contribution >= 4 is 28.5 Å². The fourth-order valence-electron chi connectivity index (χ4n) is 2.52. The van der Waals surface area contributed by atoms with Crippen molar-refractivity contribution in [2.45, 2.75) is 6.54 Å². The third kappa shape index (κ3) is 2.87. The number of nitrogens with zero attached hydrogens (tertiary/aromatic N) is 2. The van der Waals surface area contributed by atoms with Gasteiger partial charge in [0.25, 0.3) is 0 Å². The summed E-state index contributed by atoms with van der Waals surface area (Å²) >= 11 is 6.35. The Bertz CT molecular complexity index is 856. The molecule has 0 aliphatic heterocycles. The van der Waals surface area contributed by atoms with E-state index < -0.39 is 5.97 Å². The van der Waals surface area contributed by atoms with Crippen molar-refractivity contribution in [1.82, 2.24) is 9.55 Å². The van der Waals surface area contributed by atoms with Gasteiger partial charge in [-0.3, -0.25) is 4.98 Å². The Balaban J connectivity index is 2.08.